The van der Waals surface area contributed by atoms with Crippen molar-refractivity contribution < 1.29 is 9.90 Å². The first-order valence-electron chi connectivity index (χ1n) is 6.55. The van der Waals surface area contributed by atoms with Gasteiger partial charge < -0.3 is 10.4 Å². The second-order valence-corrected chi connectivity index (χ2v) is 4.69. The Hall–Kier alpha value is -1.32. The molecule has 0 aliphatic carbocycles. The molecule has 3 nitrogen and oxygen atoms in total. The van der Waals surface area contributed by atoms with Gasteiger partial charge >= 0.3 is 0 Å². The maximum absolute atomic E-state index is 11.5. The third-order valence-electron chi connectivity index (χ3n) is 2.70. The molecule has 2 N–H and O–H groups in total. The Morgan fingerprint density at radius 2 is 1.95 bits per heavy atom. The first-order chi connectivity index (χ1) is 9.24. The van der Waals surface area contributed by atoms with Gasteiger partial charge in [-0.15, -0.1) is 0 Å². The van der Waals surface area contributed by atoms with Gasteiger partial charge in [-0.2, -0.15) is 0 Å². The molecule has 0 saturated carbocycles. The van der Waals surface area contributed by atoms with Crippen molar-refractivity contribution in [1.29, 1.82) is 0 Å². The smallest absolute Gasteiger partial charge is 0.243 e. The lowest BCUT2D eigenvalue weighted by Gasteiger charge is -2.02. The number of aliphatic hydroxyl groups is 1. The maximum atomic E-state index is 11.5. The van der Waals surface area contributed by atoms with Crippen LogP contribution in [0.4, 0.5) is 0 Å². The number of halogens is 1. The quantitative estimate of drug-likeness (QED) is 0.568. The molecule has 0 fully saturated rings. The third kappa shape index (κ3) is 6.99. The van der Waals surface area contributed by atoms with Crippen LogP contribution >= 0.6 is 11.6 Å². The molecule has 0 radical (unpaired) electrons. The van der Waals surface area contributed by atoms with Crippen molar-refractivity contribution in [1.82, 2.24) is 5.32 Å². The minimum absolute atomic E-state index is 0.109. The van der Waals surface area contributed by atoms with E-state index in [-0.39, 0.29) is 12.5 Å². The average molecular weight is 282 g/mol. The third-order valence-corrected chi connectivity index (χ3v) is 3.05. The fourth-order valence-electron chi connectivity index (χ4n) is 1.64. The molecule has 104 valence electrons. The molecule has 0 spiro atoms. The number of nitrogens with one attached hydrogen (secondary N) is 1. The number of carbonyl (C=O) groups is 1. The molecule has 0 aliphatic heterocycles. The van der Waals surface area contributed by atoms with Gasteiger partial charge in [-0.3, -0.25) is 4.79 Å². The van der Waals surface area contributed by atoms with Crippen molar-refractivity contribution in [2.75, 3.05) is 13.2 Å². The van der Waals surface area contributed by atoms with Gasteiger partial charge in [-0.05, 0) is 30.5 Å². The Morgan fingerprint density at radius 1 is 1.21 bits per heavy atom. The number of hydrogen-bond acceptors (Lipinski definition) is 2. The van der Waals surface area contributed by atoms with Crippen LogP contribution in [0.1, 0.15) is 31.2 Å². The molecule has 1 aromatic rings. The highest BCUT2D eigenvalue weighted by Gasteiger charge is 1.97. The minimum atomic E-state index is -0.109. The van der Waals surface area contributed by atoms with E-state index in [1.807, 2.05) is 18.2 Å². The summed E-state index contributed by atoms with van der Waals surface area (Å²) in [5.74, 6) is -0.109. The van der Waals surface area contributed by atoms with Crippen LogP contribution in [-0.2, 0) is 4.79 Å². The molecular weight excluding hydrogens is 262 g/mol. The largest absolute Gasteiger partial charge is 0.396 e. The summed E-state index contributed by atoms with van der Waals surface area (Å²) in [6.45, 7) is 0.907. The molecule has 1 amide bonds. The van der Waals surface area contributed by atoms with Crippen molar-refractivity contribution in [2.45, 2.75) is 25.7 Å². The van der Waals surface area contributed by atoms with E-state index in [9.17, 15) is 4.79 Å². The molecule has 1 aromatic carbocycles. The fraction of sp³-hybridized carbons (Fsp3) is 0.400. The van der Waals surface area contributed by atoms with Crippen LogP contribution in [0.2, 0.25) is 5.02 Å². The molecule has 0 atom stereocenters. The van der Waals surface area contributed by atoms with Gasteiger partial charge in [0, 0.05) is 24.3 Å². The maximum Gasteiger partial charge on any atom is 0.243 e. The van der Waals surface area contributed by atoms with Crippen molar-refractivity contribution in [2.24, 2.45) is 0 Å². The van der Waals surface area contributed by atoms with E-state index in [0.29, 0.717) is 11.6 Å². The molecular formula is C15H20ClNO2. The van der Waals surface area contributed by atoms with E-state index in [1.54, 1.807) is 12.1 Å². The zero-order valence-corrected chi connectivity index (χ0v) is 11.7. The van der Waals surface area contributed by atoms with E-state index in [2.05, 4.69) is 5.32 Å². The predicted molar refractivity (Wildman–Crippen MR) is 79.0 cm³/mol. The van der Waals surface area contributed by atoms with Crippen LogP contribution in [0.3, 0.4) is 0 Å². The van der Waals surface area contributed by atoms with E-state index >= 15 is 0 Å². The van der Waals surface area contributed by atoms with E-state index < -0.39 is 0 Å². The van der Waals surface area contributed by atoms with Crippen LogP contribution in [0, 0.1) is 0 Å². The van der Waals surface area contributed by atoms with Crippen molar-refractivity contribution >= 4 is 23.6 Å². The van der Waals surface area contributed by atoms with Gasteiger partial charge in [0.2, 0.25) is 5.91 Å². The Labute approximate surface area is 119 Å². The normalized spacial score (nSPS) is 10.8. The molecule has 0 saturated heterocycles. The number of amides is 1. The van der Waals surface area contributed by atoms with Gasteiger partial charge in [0.05, 0.1) is 0 Å². The average Bonchev–Trinajstić information content (AvgIpc) is 2.42. The zero-order valence-electron chi connectivity index (χ0n) is 10.9. The first-order valence-corrected chi connectivity index (χ1v) is 6.93. The summed E-state index contributed by atoms with van der Waals surface area (Å²) in [5.41, 5.74) is 0.835. The van der Waals surface area contributed by atoms with E-state index in [1.165, 1.54) is 6.08 Å². The summed E-state index contributed by atoms with van der Waals surface area (Å²) in [7, 11) is 0. The summed E-state index contributed by atoms with van der Waals surface area (Å²) < 4.78 is 0. The van der Waals surface area contributed by atoms with Gasteiger partial charge in [0.1, 0.15) is 0 Å². The molecule has 0 unspecified atom stereocenters. The van der Waals surface area contributed by atoms with E-state index in [4.69, 9.17) is 16.7 Å². The highest BCUT2D eigenvalue weighted by atomic mass is 35.5. The molecule has 0 bridgehead atoms. The number of unbranched alkanes of at least 4 members (excludes halogenated alkanes) is 3. The molecule has 0 heterocycles. The Bertz CT molecular complexity index is 418. The standard InChI is InChI=1S/C15H20ClNO2/c16-14-8-4-3-7-13(14)9-10-15(19)17-11-5-1-2-6-12-18/h3-4,7-10,18H,1-2,5-6,11-12H2,(H,17,19)/b10-9+. The number of benzene rings is 1. The second-order valence-electron chi connectivity index (χ2n) is 4.28. The van der Waals surface area contributed by atoms with Gasteiger partial charge in [-0.25, -0.2) is 0 Å². The lowest BCUT2D eigenvalue weighted by molar-refractivity contribution is -0.116. The number of hydrogen-bond donors (Lipinski definition) is 2. The highest BCUT2D eigenvalue weighted by molar-refractivity contribution is 6.32. The topological polar surface area (TPSA) is 49.3 Å². The zero-order chi connectivity index (χ0) is 13.9. The first kappa shape index (κ1) is 15.7. The highest BCUT2D eigenvalue weighted by Crippen LogP contribution is 2.15. The monoisotopic (exact) mass is 281 g/mol. The Kier molecular flexibility index (Phi) is 7.94. The van der Waals surface area contributed by atoms with Crippen LogP contribution in [0.15, 0.2) is 30.3 Å². The summed E-state index contributed by atoms with van der Waals surface area (Å²) >= 11 is 5.98. The van der Waals surface area contributed by atoms with Crippen LogP contribution in [0.5, 0.6) is 0 Å². The fourth-order valence-corrected chi connectivity index (χ4v) is 1.84. The predicted octanol–water partition coefficient (Wildman–Crippen LogP) is 3.02. The Balaban J connectivity index is 2.22. The van der Waals surface area contributed by atoms with Crippen LogP contribution in [-0.4, -0.2) is 24.2 Å². The minimum Gasteiger partial charge on any atom is -0.396 e. The van der Waals surface area contributed by atoms with Gasteiger partial charge in [0.15, 0.2) is 0 Å². The summed E-state index contributed by atoms with van der Waals surface area (Å²) in [4.78, 5) is 11.5. The van der Waals surface area contributed by atoms with Gasteiger partial charge in [0.25, 0.3) is 0 Å². The second kappa shape index (κ2) is 9.59. The van der Waals surface area contributed by atoms with Gasteiger partial charge in [-0.1, -0.05) is 42.6 Å². The number of aliphatic hydroxyl groups excluding tert-OH is 1. The van der Waals surface area contributed by atoms with Crippen molar-refractivity contribution in [3.05, 3.63) is 40.9 Å². The Morgan fingerprint density at radius 3 is 2.68 bits per heavy atom. The lowest BCUT2D eigenvalue weighted by Crippen LogP contribution is -2.21. The number of rotatable bonds is 8. The molecule has 0 aromatic heterocycles. The van der Waals surface area contributed by atoms with Crippen molar-refractivity contribution in [3.8, 4) is 0 Å². The molecule has 0 aliphatic rings. The molecule has 19 heavy (non-hydrogen) atoms. The SMILES string of the molecule is O=C(/C=C/c1ccccc1Cl)NCCCCCCO. The summed E-state index contributed by atoms with van der Waals surface area (Å²) in [5, 5.41) is 12.1. The summed E-state index contributed by atoms with van der Waals surface area (Å²) in [6.07, 6.45) is 7.00. The summed E-state index contributed by atoms with van der Waals surface area (Å²) in [6, 6.07) is 7.39. The number of carbonyl (C=O) groups excluding carboxylic acids is 1. The van der Waals surface area contributed by atoms with E-state index in [0.717, 1.165) is 31.2 Å². The lowest BCUT2D eigenvalue weighted by atomic mass is 10.2. The molecule has 4 heteroatoms. The van der Waals surface area contributed by atoms with Crippen LogP contribution < -0.4 is 5.32 Å². The van der Waals surface area contributed by atoms with Crippen molar-refractivity contribution in [3.63, 3.8) is 0 Å². The molecule has 1 rings (SSSR count). The van der Waals surface area contributed by atoms with Crippen LogP contribution in [0.25, 0.3) is 6.08 Å².